The minimum atomic E-state index is -1.27. The van der Waals surface area contributed by atoms with E-state index in [0.717, 1.165) is 0 Å². The molecule has 0 spiro atoms. The van der Waals surface area contributed by atoms with Crippen molar-refractivity contribution in [1.82, 2.24) is 0 Å². The summed E-state index contributed by atoms with van der Waals surface area (Å²) in [4.78, 5) is 0. The molecule has 0 aliphatic heterocycles. The van der Waals surface area contributed by atoms with E-state index in [1.807, 2.05) is 0 Å². The van der Waals surface area contributed by atoms with Crippen LogP contribution in [0, 0.1) is 11.6 Å². The summed E-state index contributed by atoms with van der Waals surface area (Å²) in [5.41, 5.74) is -0.805. The molecule has 0 heterocycles. The molecule has 2 nitrogen and oxygen atoms in total. The lowest BCUT2D eigenvalue weighted by Gasteiger charge is -2.10. The van der Waals surface area contributed by atoms with Gasteiger partial charge in [-0.05, 0) is 40.4 Å². The minimum absolute atomic E-state index is 0.0780. The van der Waals surface area contributed by atoms with Crippen LogP contribution in [0.3, 0.4) is 0 Å². The monoisotopic (exact) mass is 278 g/mol. The minimum Gasteiger partial charge on any atom is -0.504 e. The molecule has 0 amide bonds. The van der Waals surface area contributed by atoms with Gasteiger partial charge in [0.1, 0.15) is 0 Å². The second-order valence-corrected chi connectivity index (χ2v) is 4.75. The number of phenols is 1. The van der Waals surface area contributed by atoms with Crippen molar-refractivity contribution in [3.05, 3.63) is 27.7 Å². The van der Waals surface area contributed by atoms with E-state index in [0.29, 0.717) is 12.8 Å². The predicted molar refractivity (Wildman–Crippen MR) is 53.6 cm³/mol. The van der Waals surface area contributed by atoms with Crippen molar-refractivity contribution >= 4 is 15.9 Å². The largest absolute Gasteiger partial charge is 0.504 e. The van der Waals surface area contributed by atoms with E-state index in [9.17, 15) is 13.9 Å². The Hall–Kier alpha value is -0.680. The van der Waals surface area contributed by atoms with E-state index in [1.54, 1.807) is 0 Å². The van der Waals surface area contributed by atoms with Gasteiger partial charge in [-0.15, -0.1) is 0 Å². The van der Waals surface area contributed by atoms with Crippen LogP contribution in [0.4, 0.5) is 8.78 Å². The molecule has 0 bridgehead atoms. The van der Waals surface area contributed by atoms with Crippen LogP contribution in [0.1, 0.15) is 18.4 Å². The third-order valence-electron chi connectivity index (χ3n) is 2.56. The highest BCUT2D eigenvalue weighted by molar-refractivity contribution is 9.10. The Kier molecular flexibility index (Phi) is 2.47. The lowest BCUT2D eigenvalue weighted by atomic mass is 10.1. The molecule has 15 heavy (non-hydrogen) atoms. The molecule has 5 heteroatoms. The van der Waals surface area contributed by atoms with Gasteiger partial charge in [0.15, 0.2) is 11.6 Å². The van der Waals surface area contributed by atoms with Gasteiger partial charge in [0.05, 0.1) is 10.1 Å². The number of halogens is 3. The fourth-order valence-corrected chi connectivity index (χ4v) is 1.89. The molecule has 0 atom stereocenters. The SMILES string of the molecule is Oc1c(Br)cc(CC2(O)CC2)c(F)c1F. The second kappa shape index (κ2) is 3.42. The number of benzene rings is 1. The number of aliphatic hydroxyl groups is 1. The Balaban J connectivity index is 2.39. The van der Waals surface area contributed by atoms with E-state index in [4.69, 9.17) is 5.11 Å². The quantitative estimate of drug-likeness (QED) is 0.816. The molecule has 2 rings (SSSR count). The third kappa shape index (κ3) is 1.99. The van der Waals surface area contributed by atoms with Crippen molar-refractivity contribution < 1.29 is 19.0 Å². The zero-order valence-corrected chi connectivity index (χ0v) is 9.31. The van der Waals surface area contributed by atoms with Crippen LogP contribution in [-0.2, 0) is 6.42 Å². The van der Waals surface area contributed by atoms with E-state index < -0.39 is 23.0 Å². The lowest BCUT2D eigenvalue weighted by Crippen LogP contribution is -2.12. The van der Waals surface area contributed by atoms with E-state index in [2.05, 4.69) is 15.9 Å². The van der Waals surface area contributed by atoms with E-state index >= 15 is 0 Å². The molecule has 2 N–H and O–H groups in total. The third-order valence-corrected chi connectivity index (χ3v) is 3.16. The van der Waals surface area contributed by atoms with Gasteiger partial charge in [0, 0.05) is 6.42 Å². The van der Waals surface area contributed by atoms with Crippen LogP contribution >= 0.6 is 15.9 Å². The molecule has 0 radical (unpaired) electrons. The van der Waals surface area contributed by atoms with Crippen LogP contribution in [0.5, 0.6) is 5.75 Å². The van der Waals surface area contributed by atoms with E-state index in [1.165, 1.54) is 6.07 Å². The maximum Gasteiger partial charge on any atom is 0.201 e. The molecule has 1 aliphatic carbocycles. The van der Waals surface area contributed by atoms with Crippen molar-refractivity contribution in [3.8, 4) is 5.75 Å². The highest BCUT2D eigenvalue weighted by Gasteiger charge is 2.41. The Morgan fingerprint density at radius 2 is 1.93 bits per heavy atom. The molecule has 1 aliphatic rings. The van der Waals surface area contributed by atoms with Crippen molar-refractivity contribution in [2.45, 2.75) is 24.9 Å². The first-order valence-electron chi connectivity index (χ1n) is 4.51. The lowest BCUT2D eigenvalue weighted by molar-refractivity contribution is 0.149. The highest BCUT2D eigenvalue weighted by Crippen LogP contribution is 2.40. The van der Waals surface area contributed by atoms with Gasteiger partial charge in [-0.25, -0.2) is 4.39 Å². The summed E-state index contributed by atoms with van der Waals surface area (Å²) in [7, 11) is 0. The van der Waals surface area contributed by atoms with Gasteiger partial charge in [-0.2, -0.15) is 4.39 Å². The molecule has 0 aromatic heterocycles. The molecule has 0 saturated heterocycles. The average Bonchev–Trinajstić information content (AvgIpc) is 2.89. The Bertz CT molecular complexity index is 416. The summed E-state index contributed by atoms with van der Waals surface area (Å²) < 4.78 is 26.5. The maximum absolute atomic E-state index is 13.3. The topological polar surface area (TPSA) is 40.5 Å². The molecule has 1 aromatic carbocycles. The number of aromatic hydroxyl groups is 1. The Labute approximate surface area is 93.7 Å². The second-order valence-electron chi connectivity index (χ2n) is 3.90. The zero-order valence-electron chi connectivity index (χ0n) is 7.73. The van der Waals surface area contributed by atoms with Crippen LogP contribution in [0.25, 0.3) is 0 Å². The fourth-order valence-electron chi connectivity index (χ4n) is 1.44. The van der Waals surface area contributed by atoms with E-state index in [-0.39, 0.29) is 16.5 Å². The summed E-state index contributed by atoms with van der Waals surface area (Å²) >= 11 is 2.92. The number of hydrogen-bond donors (Lipinski definition) is 2. The molecular weight excluding hydrogens is 270 g/mol. The van der Waals surface area contributed by atoms with Crippen molar-refractivity contribution in [2.75, 3.05) is 0 Å². The summed E-state index contributed by atoms with van der Waals surface area (Å²) in [5.74, 6) is -3.10. The summed E-state index contributed by atoms with van der Waals surface area (Å²) in [6, 6.07) is 1.30. The van der Waals surface area contributed by atoms with Gasteiger partial charge >= 0.3 is 0 Å². The van der Waals surface area contributed by atoms with Gasteiger partial charge < -0.3 is 10.2 Å². The van der Waals surface area contributed by atoms with Crippen molar-refractivity contribution in [2.24, 2.45) is 0 Å². The zero-order chi connectivity index (χ0) is 11.2. The first kappa shape index (κ1) is 10.8. The average molecular weight is 279 g/mol. The maximum atomic E-state index is 13.3. The van der Waals surface area contributed by atoms with Crippen LogP contribution in [0.15, 0.2) is 10.5 Å². The first-order valence-corrected chi connectivity index (χ1v) is 5.30. The van der Waals surface area contributed by atoms with Crippen LogP contribution < -0.4 is 0 Å². The molecule has 0 unspecified atom stereocenters. The van der Waals surface area contributed by atoms with Crippen LogP contribution in [0.2, 0.25) is 0 Å². The van der Waals surface area contributed by atoms with Gasteiger partial charge in [-0.1, -0.05) is 0 Å². The first-order chi connectivity index (χ1) is 6.93. The fraction of sp³-hybridized carbons (Fsp3) is 0.400. The standard InChI is InChI=1S/C10H9BrF2O2/c11-6-3-5(4-10(15)1-2-10)7(12)8(13)9(6)14/h3,14-15H,1-2,4H2. The molecule has 1 fully saturated rings. The van der Waals surface area contributed by atoms with Crippen molar-refractivity contribution in [1.29, 1.82) is 0 Å². The summed E-state index contributed by atoms with van der Waals surface area (Å²) in [6.07, 6.45) is 1.29. The van der Waals surface area contributed by atoms with Gasteiger partial charge in [0.2, 0.25) is 5.82 Å². The normalized spacial score (nSPS) is 17.9. The highest BCUT2D eigenvalue weighted by atomic mass is 79.9. The summed E-state index contributed by atoms with van der Waals surface area (Å²) in [6.45, 7) is 0. The number of hydrogen-bond acceptors (Lipinski definition) is 2. The van der Waals surface area contributed by atoms with Gasteiger partial charge in [0.25, 0.3) is 0 Å². The smallest absolute Gasteiger partial charge is 0.201 e. The van der Waals surface area contributed by atoms with Crippen LogP contribution in [-0.4, -0.2) is 15.8 Å². The molecular formula is C10H9BrF2O2. The molecule has 1 aromatic rings. The Morgan fingerprint density at radius 1 is 1.33 bits per heavy atom. The summed E-state index contributed by atoms with van der Waals surface area (Å²) in [5, 5.41) is 18.7. The number of phenolic OH excluding ortho intramolecular Hbond substituents is 1. The number of rotatable bonds is 2. The van der Waals surface area contributed by atoms with Crippen molar-refractivity contribution in [3.63, 3.8) is 0 Å². The molecule has 1 saturated carbocycles. The predicted octanol–water partition coefficient (Wildman–Crippen LogP) is 2.50. The Morgan fingerprint density at radius 3 is 2.47 bits per heavy atom. The van der Waals surface area contributed by atoms with Gasteiger partial charge in [-0.3, -0.25) is 0 Å². The molecule has 82 valence electrons.